The first-order chi connectivity index (χ1) is 20.8. The molecule has 9 heteroatoms. The number of anilines is 2. The number of hydrogen-bond donors (Lipinski definition) is 1. The molecule has 220 valence electrons. The van der Waals surface area contributed by atoms with Crippen LogP contribution in [-0.2, 0) is 23.9 Å². The number of carbonyl (C=O) groups is 4. The van der Waals surface area contributed by atoms with E-state index < -0.39 is 23.7 Å². The second-order valence-corrected chi connectivity index (χ2v) is 11.8. The minimum Gasteiger partial charge on any atom is -0.507 e. The molecule has 2 aromatic rings. The van der Waals surface area contributed by atoms with Gasteiger partial charge < -0.3 is 19.5 Å². The van der Waals surface area contributed by atoms with Crippen molar-refractivity contribution in [2.45, 2.75) is 25.7 Å². The number of allylic oxidation sites excluding steroid dienone is 6. The smallest absolute Gasteiger partial charge is 0.238 e. The number of carbonyl (C=O) groups excluding carboxylic acids is 4. The van der Waals surface area contributed by atoms with E-state index in [0.29, 0.717) is 53.4 Å². The highest BCUT2D eigenvalue weighted by Crippen LogP contribution is 2.56. The Morgan fingerprint density at radius 3 is 2.35 bits per heavy atom. The molecule has 4 atom stereocenters. The van der Waals surface area contributed by atoms with E-state index in [2.05, 4.69) is 4.90 Å². The van der Waals surface area contributed by atoms with E-state index in [4.69, 9.17) is 9.47 Å². The number of morpholine rings is 1. The first-order valence-corrected chi connectivity index (χ1v) is 14.7. The molecule has 9 nitrogen and oxygen atoms in total. The fourth-order valence-corrected chi connectivity index (χ4v) is 7.50. The SMILES string of the molecule is COc1ccc([C@H]2C3=CC[C@@H]4C(=O)N(c5ccc(N6CCOCC6)cc5)C(=O)[C@@H]4[C@@H]3CC3=C2C(=O)C(C)=CC3=O)c(O)c1. The predicted molar refractivity (Wildman–Crippen MR) is 158 cm³/mol. The number of imide groups is 1. The van der Waals surface area contributed by atoms with E-state index in [1.807, 2.05) is 30.3 Å². The number of rotatable bonds is 4. The first-order valence-electron chi connectivity index (χ1n) is 14.7. The summed E-state index contributed by atoms with van der Waals surface area (Å²) >= 11 is 0. The molecule has 0 unspecified atom stereocenters. The summed E-state index contributed by atoms with van der Waals surface area (Å²) in [5.74, 6) is -3.12. The Balaban J connectivity index is 1.27. The summed E-state index contributed by atoms with van der Waals surface area (Å²) in [7, 11) is 1.50. The van der Waals surface area contributed by atoms with E-state index >= 15 is 0 Å². The lowest BCUT2D eigenvalue weighted by Crippen LogP contribution is -2.39. The highest BCUT2D eigenvalue weighted by molar-refractivity contribution is 6.25. The van der Waals surface area contributed by atoms with E-state index in [0.717, 1.165) is 24.4 Å². The van der Waals surface area contributed by atoms with Crippen LogP contribution in [0.25, 0.3) is 0 Å². The third kappa shape index (κ3) is 4.25. The quantitative estimate of drug-likeness (QED) is 0.330. The molecule has 0 radical (unpaired) electrons. The molecule has 7 rings (SSSR count). The maximum Gasteiger partial charge on any atom is 0.238 e. The monoisotopic (exact) mass is 580 g/mol. The second-order valence-electron chi connectivity index (χ2n) is 11.8. The van der Waals surface area contributed by atoms with Gasteiger partial charge in [-0.1, -0.05) is 17.7 Å². The van der Waals surface area contributed by atoms with Crippen LogP contribution in [0.15, 0.2) is 76.9 Å². The average Bonchev–Trinajstić information content (AvgIpc) is 3.28. The number of hydrogen-bond acceptors (Lipinski definition) is 8. The molecule has 1 N–H and O–H groups in total. The maximum atomic E-state index is 14.1. The van der Waals surface area contributed by atoms with Crippen molar-refractivity contribution in [2.24, 2.45) is 17.8 Å². The fourth-order valence-electron chi connectivity index (χ4n) is 7.50. The van der Waals surface area contributed by atoms with Crippen molar-refractivity contribution in [2.75, 3.05) is 43.2 Å². The Labute approximate surface area is 249 Å². The molecule has 3 aliphatic carbocycles. The van der Waals surface area contributed by atoms with Gasteiger partial charge in [-0.25, -0.2) is 0 Å². The summed E-state index contributed by atoms with van der Waals surface area (Å²) in [5, 5.41) is 11.1. The zero-order valence-electron chi connectivity index (χ0n) is 24.0. The molecule has 5 aliphatic rings. The van der Waals surface area contributed by atoms with Gasteiger partial charge in [-0.05, 0) is 62.1 Å². The molecular formula is C34H32N2O7. The van der Waals surface area contributed by atoms with E-state index in [9.17, 15) is 24.3 Å². The summed E-state index contributed by atoms with van der Waals surface area (Å²) in [6.45, 7) is 4.48. The summed E-state index contributed by atoms with van der Waals surface area (Å²) < 4.78 is 10.7. The molecular weight excluding hydrogens is 548 g/mol. The Kier molecular flexibility index (Phi) is 6.58. The van der Waals surface area contributed by atoms with Crippen LogP contribution in [-0.4, -0.2) is 61.9 Å². The number of Topliss-reactive ketones (excluding diaryl/α,β-unsaturated/α-hetero) is 1. The molecule has 0 saturated carbocycles. The highest BCUT2D eigenvalue weighted by Gasteiger charge is 2.56. The number of ether oxygens (including phenoxy) is 2. The summed E-state index contributed by atoms with van der Waals surface area (Å²) in [5.41, 5.74) is 3.82. The van der Waals surface area contributed by atoms with Crippen molar-refractivity contribution in [1.29, 1.82) is 0 Å². The van der Waals surface area contributed by atoms with Gasteiger partial charge in [-0.15, -0.1) is 0 Å². The molecule has 2 heterocycles. The van der Waals surface area contributed by atoms with Crippen LogP contribution in [0.3, 0.4) is 0 Å². The predicted octanol–water partition coefficient (Wildman–Crippen LogP) is 3.87. The molecule has 2 aliphatic heterocycles. The van der Waals surface area contributed by atoms with Crippen molar-refractivity contribution in [1.82, 2.24) is 0 Å². The second kappa shape index (κ2) is 10.3. The zero-order valence-corrected chi connectivity index (χ0v) is 24.0. The van der Waals surface area contributed by atoms with E-state index in [1.165, 1.54) is 24.2 Å². The van der Waals surface area contributed by atoms with Crippen molar-refractivity contribution in [3.63, 3.8) is 0 Å². The minimum atomic E-state index is -0.717. The van der Waals surface area contributed by atoms with E-state index in [1.54, 1.807) is 19.1 Å². The van der Waals surface area contributed by atoms with Crippen molar-refractivity contribution in [3.05, 3.63) is 82.5 Å². The number of fused-ring (bicyclic) bond motifs is 3. The molecule has 0 spiro atoms. The van der Waals surface area contributed by atoms with Gasteiger partial charge in [0, 0.05) is 53.0 Å². The molecule has 2 aromatic carbocycles. The maximum absolute atomic E-state index is 14.1. The third-order valence-corrected chi connectivity index (χ3v) is 9.60. The molecule has 2 amide bonds. The van der Waals surface area contributed by atoms with Gasteiger partial charge in [0.1, 0.15) is 11.5 Å². The Bertz CT molecular complexity index is 1660. The molecule has 43 heavy (non-hydrogen) atoms. The number of methoxy groups -OCH3 is 1. The van der Waals surface area contributed by atoms with Gasteiger partial charge in [0.15, 0.2) is 11.6 Å². The molecule has 2 fully saturated rings. The van der Waals surface area contributed by atoms with Gasteiger partial charge in [-0.3, -0.25) is 24.1 Å². The van der Waals surface area contributed by atoms with Gasteiger partial charge in [0.25, 0.3) is 0 Å². The normalized spacial score (nSPS) is 27.0. The van der Waals surface area contributed by atoms with Crippen LogP contribution in [0.5, 0.6) is 11.5 Å². The summed E-state index contributed by atoms with van der Waals surface area (Å²) in [6.07, 6.45) is 3.82. The Hall–Kier alpha value is -4.50. The van der Waals surface area contributed by atoms with Gasteiger partial charge in [-0.2, -0.15) is 0 Å². The van der Waals surface area contributed by atoms with Crippen LogP contribution < -0.4 is 14.5 Å². The number of ketones is 2. The van der Waals surface area contributed by atoms with Gasteiger partial charge >= 0.3 is 0 Å². The van der Waals surface area contributed by atoms with Crippen LogP contribution in [0.2, 0.25) is 0 Å². The first kappa shape index (κ1) is 27.3. The lowest BCUT2D eigenvalue weighted by atomic mass is 9.59. The standard InChI is InChI=1S/C34H32N2O7/c1-18-15-27(37)26-17-25-22(29(31(26)32(18)39)23-8-7-21(42-2)16-28(23)38)9-10-24-30(25)34(41)36(33(24)40)20-5-3-19(4-6-20)35-11-13-43-14-12-35/h3-9,15-16,24-25,29-30,38H,10-14,17H2,1-2H3/t24-,25+,29+,30-/m0/s1. The summed E-state index contributed by atoms with van der Waals surface area (Å²) in [4.78, 5) is 58.3. The minimum absolute atomic E-state index is 0.0665. The topological polar surface area (TPSA) is 113 Å². The molecule has 0 aromatic heterocycles. The number of nitrogens with zero attached hydrogens (tertiary/aromatic N) is 2. The number of phenols is 1. The van der Waals surface area contributed by atoms with Crippen LogP contribution in [0.1, 0.15) is 31.2 Å². The third-order valence-electron chi connectivity index (χ3n) is 9.60. The van der Waals surface area contributed by atoms with Crippen molar-refractivity contribution in [3.8, 4) is 11.5 Å². The number of phenolic OH excluding ortho intramolecular Hbond substituents is 1. The molecule has 0 bridgehead atoms. The lowest BCUT2D eigenvalue weighted by molar-refractivity contribution is -0.123. The zero-order chi connectivity index (χ0) is 30.0. The lowest BCUT2D eigenvalue weighted by Gasteiger charge is -2.42. The van der Waals surface area contributed by atoms with Crippen LogP contribution in [0, 0.1) is 17.8 Å². The van der Waals surface area contributed by atoms with Crippen molar-refractivity contribution < 1.29 is 33.8 Å². The summed E-state index contributed by atoms with van der Waals surface area (Å²) in [6, 6.07) is 12.4. The van der Waals surface area contributed by atoms with Gasteiger partial charge in [0.2, 0.25) is 11.8 Å². The van der Waals surface area contributed by atoms with E-state index in [-0.39, 0.29) is 35.6 Å². The number of aromatic hydroxyl groups is 1. The average molecular weight is 581 g/mol. The largest absolute Gasteiger partial charge is 0.507 e. The molecule has 2 saturated heterocycles. The number of amides is 2. The Morgan fingerprint density at radius 2 is 1.65 bits per heavy atom. The number of benzene rings is 2. The highest BCUT2D eigenvalue weighted by atomic mass is 16.5. The van der Waals surface area contributed by atoms with Crippen LogP contribution in [0.4, 0.5) is 11.4 Å². The van der Waals surface area contributed by atoms with Crippen molar-refractivity contribution >= 4 is 34.8 Å². The fraction of sp³-hybridized carbons (Fsp3) is 0.353. The Morgan fingerprint density at radius 1 is 0.930 bits per heavy atom. The van der Waals surface area contributed by atoms with Crippen LogP contribution >= 0.6 is 0 Å². The van der Waals surface area contributed by atoms with Gasteiger partial charge in [0.05, 0.1) is 37.8 Å².